The Kier molecular flexibility index (Phi) is 21.1. The Morgan fingerprint density at radius 1 is 0.606 bits per heavy atom. The van der Waals surface area contributed by atoms with Crippen LogP contribution in [-0.2, 0) is 47.5 Å². The van der Waals surface area contributed by atoms with E-state index in [1.807, 2.05) is 20.8 Å². The van der Waals surface area contributed by atoms with Crippen LogP contribution in [0.2, 0.25) is 0 Å². The number of aliphatic hydroxyl groups excluding tert-OH is 6. The summed E-state index contributed by atoms with van der Waals surface area (Å²) in [6, 6.07) is 0. The van der Waals surface area contributed by atoms with Crippen molar-refractivity contribution in [2.45, 2.75) is 225 Å². The van der Waals surface area contributed by atoms with Crippen LogP contribution in [-0.4, -0.2) is 162 Å². The number of hydrogen-bond acceptors (Lipinski definition) is 18. The normalized spacial score (nSPS) is 46.5. The van der Waals surface area contributed by atoms with Crippen molar-refractivity contribution >= 4 is 11.9 Å². The molecule has 0 aromatic rings. The first-order valence-corrected chi connectivity index (χ1v) is 25.8. The molecule has 5 aliphatic rings. The summed E-state index contributed by atoms with van der Waals surface area (Å²) in [4.78, 5) is 27.0. The average Bonchev–Trinajstić information content (AvgIpc) is 3.30. The summed E-state index contributed by atoms with van der Waals surface area (Å²) in [5, 5.41) is 89.3. The number of ether oxygens (including phenoxy) is 8. The van der Waals surface area contributed by atoms with Gasteiger partial charge in [-0.1, -0.05) is 91.8 Å². The zero-order chi connectivity index (χ0) is 52.9. The van der Waals surface area contributed by atoms with Gasteiger partial charge in [-0.2, -0.15) is 0 Å². The molecule has 0 aliphatic carbocycles. The molecular weight excluding hydrogens is 925 g/mol. The van der Waals surface area contributed by atoms with Gasteiger partial charge in [0.2, 0.25) is 0 Å². The van der Waals surface area contributed by atoms with Crippen molar-refractivity contribution in [3.05, 3.63) is 48.6 Å². The van der Waals surface area contributed by atoms with Gasteiger partial charge in [-0.3, -0.25) is 0 Å². The lowest BCUT2D eigenvalue weighted by Gasteiger charge is -2.50. The molecule has 18 nitrogen and oxygen atoms in total. The van der Waals surface area contributed by atoms with E-state index in [1.165, 1.54) is 24.3 Å². The van der Waals surface area contributed by atoms with Crippen molar-refractivity contribution in [2.24, 2.45) is 47.3 Å². The Balaban J connectivity index is 1.28. The monoisotopic (exact) mass is 1010 g/mol. The van der Waals surface area contributed by atoms with Gasteiger partial charge in [0.25, 0.3) is 0 Å². The Labute approximate surface area is 420 Å². The lowest BCUT2D eigenvalue weighted by molar-refractivity contribution is -0.345. The maximum atomic E-state index is 13.5. The second-order valence-electron chi connectivity index (χ2n) is 21.4. The minimum Gasteiger partial charge on any atom is -0.458 e. The van der Waals surface area contributed by atoms with Crippen molar-refractivity contribution in [3.8, 4) is 0 Å². The van der Waals surface area contributed by atoms with Crippen molar-refractivity contribution < 1.29 is 88.3 Å². The molecule has 71 heavy (non-hydrogen) atoms. The molecule has 4 fully saturated rings. The molecule has 18 heteroatoms. The van der Waals surface area contributed by atoms with Crippen molar-refractivity contribution in [1.29, 1.82) is 0 Å². The first-order valence-electron chi connectivity index (χ1n) is 25.8. The van der Waals surface area contributed by atoms with Crippen LogP contribution in [0.25, 0.3) is 0 Å². The molecule has 5 aliphatic heterocycles. The third-order valence-corrected chi connectivity index (χ3v) is 16.3. The predicted octanol–water partition coefficient (Wildman–Crippen LogP) is 3.73. The first kappa shape index (κ1) is 59.2. The van der Waals surface area contributed by atoms with E-state index in [9.17, 15) is 50.4 Å². The Bertz CT molecular complexity index is 1820. The molecule has 0 amide bonds. The summed E-state index contributed by atoms with van der Waals surface area (Å²) in [6.07, 6.45) is -1.03. The molecule has 0 saturated carbocycles. The number of aliphatic hydroxyl groups is 8. The standard InChI is InChI=1S/C53H86O18/c1-13-37-34(10)71-53(63,25-41(37)67-45-23-39(55)49(61)36(12)65-45)32(8)47(59)30(6)51-27(3)19-15-17-20-42(56)68-50(26(2)18-14-16-21-43(57)69-51)29(5)46(58)31(7)52(62)24-40(28(4)33(9)70-52)66-44-22-38(54)48(60)35(11)64-44/h14-21,26-41,44-51,54-55,58-63H,13,22-25H2,1-12H3/b18-14+,19-15+,20-17+,21-16+/t26-,27-,28+,29-,30-,31-,32-,33+,34-,35-,36+,37-,38-,39+,40+,41-,44-,45+,46+,47+,48+,49-,50-,51-,52+,53+/m0/s1. The molecular formula is C53H86O18. The Morgan fingerprint density at radius 2 is 1.00 bits per heavy atom. The van der Waals surface area contributed by atoms with E-state index >= 15 is 0 Å². The highest BCUT2D eigenvalue weighted by atomic mass is 16.7. The number of carbonyl (C=O) groups excluding carboxylic acids is 2. The first-order chi connectivity index (χ1) is 33.2. The molecule has 0 radical (unpaired) electrons. The number of esters is 2. The molecule has 0 spiro atoms. The fraction of sp³-hybridized carbons (Fsp3) is 0.811. The van der Waals surface area contributed by atoms with E-state index in [0.717, 1.165) is 0 Å². The third-order valence-electron chi connectivity index (χ3n) is 16.3. The second-order valence-corrected chi connectivity index (χ2v) is 21.4. The summed E-state index contributed by atoms with van der Waals surface area (Å²) in [5.41, 5.74) is 0. The fourth-order valence-corrected chi connectivity index (χ4v) is 11.1. The minimum absolute atomic E-state index is 0.0265. The number of rotatable bonds is 13. The average molecular weight is 1010 g/mol. The molecule has 26 atom stereocenters. The zero-order valence-corrected chi connectivity index (χ0v) is 43.7. The minimum atomic E-state index is -1.88. The highest BCUT2D eigenvalue weighted by molar-refractivity contribution is 5.83. The van der Waals surface area contributed by atoms with E-state index in [0.29, 0.717) is 6.42 Å². The lowest BCUT2D eigenvalue weighted by Crippen LogP contribution is -2.59. The van der Waals surface area contributed by atoms with Crippen LogP contribution < -0.4 is 0 Å². The molecule has 5 heterocycles. The van der Waals surface area contributed by atoms with E-state index in [-0.39, 0.29) is 37.5 Å². The molecule has 4 saturated heterocycles. The van der Waals surface area contributed by atoms with Gasteiger partial charge < -0.3 is 78.7 Å². The smallest absolute Gasteiger partial charge is 0.331 e. The number of carbonyl (C=O) groups is 2. The summed E-state index contributed by atoms with van der Waals surface area (Å²) < 4.78 is 48.8. The molecule has 0 bridgehead atoms. The van der Waals surface area contributed by atoms with Crippen LogP contribution in [0.3, 0.4) is 0 Å². The van der Waals surface area contributed by atoms with Gasteiger partial charge in [-0.25, -0.2) is 9.59 Å². The van der Waals surface area contributed by atoms with Gasteiger partial charge in [0, 0.05) is 85.2 Å². The second kappa shape index (κ2) is 25.2. The highest BCUT2D eigenvalue weighted by Crippen LogP contribution is 2.44. The van der Waals surface area contributed by atoms with E-state index < -0.39 is 157 Å². The van der Waals surface area contributed by atoms with Crippen molar-refractivity contribution in [1.82, 2.24) is 0 Å². The van der Waals surface area contributed by atoms with E-state index in [4.69, 9.17) is 37.9 Å². The zero-order valence-electron chi connectivity index (χ0n) is 43.7. The Morgan fingerprint density at radius 3 is 1.41 bits per heavy atom. The van der Waals surface area contributed by atoms with E-state index in [2.05, 4.69) is 0 Å². The van der Waals surface area contributed by atoms with Gasteiger partial charge in [0.15, 0.2) is 24.2 Å². The largest absolute Gasteiger partial charge is 0.458 e. The van der Waals surface area contributed by atoms with Gasteiger partial charge in [0.05, 0.1) is 61.0 Å². The van der Waals surface area contributed by atoms with Gasteiger partial charge in [0.1, 0.15) is 24.4 Å². The quantitative estimate of drug-likeness (QED) is 0.122. The fourth-order valence-electron chi connectivity index (χ4n) is 11.1. The molecule has 5 rings (SSSR count). The maximum absolute atomic E-state index is 13.5. The number of cyclic esters (lactones) is 2. The van der Waals surface area contributed by atoms with E-state index in [1.54, 1.807) is 86.6 Å². The molecule has 0 unspecified atom stereocenters. The molecule has 8 N–H and O–H groups in total. The highest BCUT2D eigenvalue weighted by Gasteiger charge is 2.54. The van der Waals surface area contributed by atoms with Crippen LogP contribution in [0.1, 0.15) is 115 Å². The van der Waals surface area contributed by atoms with Gasteiger partial charge in [-0.05, 0) is 34.1 Å². The lowest BCUT2D eigenvalue weighted by atomic mass is 9.76. The Hall–Kier alpha value is -2.66. The summed E-state index contributed by atoms with van der Waals surface area (Å²) in [6.45, 7) is 21.1. The van der Waals surface area contributed by atoms with Crippen molar-refractivity contribution in [3.63, 3.8) is 0 Å². The number of hydrogen-bond donors (Lipinski definition) is 8. The topological polar surface area (TPSA) is 270 Å². The SMILES string of the molecule is CC[C@H]1[C@H](C)O[C@@](O)([C@@H](C)[C@H](O)[C@H](C)[C@H]2OC(=O)/C=C/C=C/[C@H](C)[C@@H]([C@@H](C)[C@@H](O)[C@H](C)[C@@]3(O)C[C@@H](O[C@H]4C[C@H](O)[C@H](O)[C@H](C)O4)[C@H](C)[C@@H](C)O3)OC(=O)/C=C/C=C/[C@@H]2C)C[C@@H]1O[C@@H]1C[C@@H](O)[C@@H](O)[C@@H](C)O1. The van der Waals surface area contributed by atoms with Crippen LogP contribution in [0.15, 0.2) is 48.6 Å². The summed E-state index contributed by atoms with van der Waals surface area (Å²) >= 11 is 0. The van der Waals surface area contributed by atoms with Crippen LogP contribution in [0.4, 0.5) is 0 Å². The summed E-state index contributed by atoms with van der Waals surface area (Å²) in [5.74, 6) is -9.89. The molecule has 406 valence electrons. The maximum Gasteiger partial charge on any atom is 0.331 e. The predicted molar refractivity (Wildman–Crippen MR) is 258 cm³/mol. The van der Waals surface area contributed by atoms with Crippen LogP contribution in [0.5, 0.6) is 0 Å². The number of allylic oxidation sites excluding steroid dienone is 4. The molecule has 0 aromatic carbocycles. The summed E-state index contributed by atoms with van der Waals surface area (Å²) in [7, 11) is 0. The van der Waals surface area contributed by atoms with Crippen LogP contribution in [0, 0.1) is 47.3 Å². The van der Waals surface area contributed by atoms with Gasteiger partial charge >= 0.3 is 11.9 Å². The third kappa shape index (κ3) is 14.4. The van der Waals surface area contributed by atoms with Crippen molar-refractivity contribution in [2.75, 3.05) is 0 Å². The van der Waals surface area contributed by atoms with Gasteiger partial charge in [-0.15, -0.1) is 0 Å². The molecule has 0 aromatic heterocycles. The van der Waals surface area contributed by atoms with Crippen LogP contribution >= 0.6 is 0 Å².